The van der Waals surface area contributed by atoms with Crippen LogP contribution < -0.4 is 11.1 Å². The van der Waals surface area contributed by atoms with Crippen molar-refractivity contribution in [1.82, 2.24) is 0 Å². The first-order valence-electron chi connectivity index (χ1n) is 6.09. The molecule has 0 unspecified atom stereocenters. The van der Waals surface area contributed by atoms with Crippen LogP contribution in [0.3, 0.4) is 0 Å². The van der Waals surface area contributed by atoms with Gasteiger partial charge in [0.15, 0.2) is 0 Å². The lowest BCUT2D eigenvalue weighted by atomic mass is 10.1. The monoisotopic (exact) mass is 250 g/mol. The predicted octanol–water partition coefficient (Wildman–Crippen LogP) is 1.50. The Hall–Kier alpha value is -1.75. The first-order chi connectivity index (χ1) is 8.70. The van der Waals surface area contributed by atoms with E-state index in [0.29, 0.717) is 23.8 Å². The van der Waals surface area contributed by atoms with E-state index in [2.05, 4.69) is 5.32 Å². The third kappa shape index (κ3) is 2.92. The maximum absolute atomic E-state index is 11.5. The van der Waals surface area contributed by atoms with Gasteiger partial charge in [-0.25, -0.2) is 4.79 Å². The summed E-state index contributed by atoms with van der Waals surface area (Å²) in [5, 5.41) is 3.26. The molecule has 1 aliphatic rings. The Morgan fingerprint density at radius 3 is 2.89 bits per heavy atom. The van der Waals surface area contributed by atoms with Gasteiger partial charge in [-0.05, 0) is 25.1 Å². The number of hydrogen-bond donors (Lipinski definition) is 2. The van der Waals surface area contributed by atoms with Gasteiger partial charge in [-0.2, -0.15) is 0 Å². The molecule has 0 bridgehead atoms. The molecular weight excluding hydrogens is 232 g/mol. The maximum atomic E-state index is 11.5. The summed E-state index contributed by atoms with van der Waals surface area (Å²) >= 11 is 0. The lowest BCUT2D eigenvalue weighted by Crippen LogP contribution is -2.33. The zero-order valence-corrected chi connectivity index (χ0v) is 10.4. The molecule has 0 radical (unpaired) electrons. The molecule has 0 aromatic heterocycles. The van der Waals surface area contributed by atoms with Crippen LogP contribution in [0.4, 0.5) is 11.4 Å². The standard InChI is InChI=1S/C13H18N2O3/c1-2-18-13(16)10-3-4-12(11(14)5-10)15-6-9-7-17-8-9/h3-5,9,15H,2,6-8,14H2,1H3. The number of nitrogens with two attached hydrogens (primary N) is 1. The highest BCUT2D eigenvalue weighted by atomic mass is 16.5. The second-order valence-electron chi connectivity index (χ2n) is 4.31. The van der Waals surface area contributed by atoms with Crippen molar-refractivity contribution in [2.75, 3.05) is 37.4 Å². The van der Waals surface area contributed by atoms with Crippen molar-refractivity contribution in [3.8, 4) is 0 Å². The van der Waals surface area contributed by atoms with Crippen LogP contribution in [0.15, 0.2) is 18.2 Å². The molecule has 0 amide bonds. The van der Waals surface area contributed by atoms with Crippen molar-refractivity contribution in [3.63, 3.8) is 0 Å². The molecular formula is C13H18N2O3. The minimum absolute atomic E-state index is 0.344. The summed E-state index contributed by atoms with van der Waals surface area (Å²) in [6.45, 7) is 4.57. The summed E-state index contributed by atoms with van der Waals surface area (Å²) in [5.74, 6) is 0.206. The van der Waals surface area contributed by atoms with Gasteiger partial charge >= 0.3 is 5.97 Å². The Labute approximate surface area is 106 Å². The first-order valence-corrected chi connectivity index (χ1v) is 6.09. The first kappa shape index (κ1) is 12.7. The summed E-state index contributed by atoms with van der Waals surface area (Å²) in [5.41, 5.74) is 7.78. The number of carbonyl (C=O) groups is 1. The van der Waals surface area contributed by atoms with Crippen LogP contribution in [0.2, 0.25) is 0 Å². The Morgan fingerprint density at radius 1 is 1.56 bits per heavy atom. The molecule has 5 nitrogen and oxygen atoms in total. The molecule has 1 aromatic carbocycles. The fraction of sp³-hybridized carbons (Fsp3) is 0.462. The van der Waals surface area contributed by atoms with E-state index in [1.165, 1.54) is 0 Å². The van der Waals surface area contributed by atoms with Gasteiger partial charge < -0.3 is 20.5 Å². The normalized spacial score (nSPS) is 14.9. The fourth-order valence-corrected chi connectivity index (χ4v) is 1.72. The number of benzene rings is 1. The Morgan fingerprint density at radius 2 is 2.33 bits per heavy atom. The number of carbonyl (C=O) groups excluding carboxylic acids is 1. The highest BCUT2D eigenvalue weighted by Gasteiger charge is 2.18. The van der Waals surface area contributed by atoms with Crippen molar-refractivity contribution in [2.45, 2.75) is 6.92 Å². The van der Waals surface area contributed by atoms with Gasteiger partial charge in [-0.15, -0.1) is 0 Å². The van der Waals surface area contributed by atoms with E-state index in [-0.39, 0.29) is 5.97 Å². The van der Waals surface area contributed by atoms with Gasteiger partial charge in [-0.1, -0.05) is 0 Å². The molecule has 1 saturated heterocycles. The van der Waals surface area contributed by atoms with E-state index in [1.54, 1.807) is 25.1 Å². The van der Waals surface area contributed by atoms with Gasteiger partial charge in [0.2, 0.25) is 0 Å². The number of nitrogen functional groups attached to an aromatic ring is 1. The second kappa shape index (κ2) is 5.73. The van der Waals surface area contributed by atoms with Crippen LogP contribution in [-0.2, 0) is 9.47 Å². The quantitative estimate of drug-likeness (QED) is 0.612. The minimum Gasteiger partial charge on any atom is -0.462 e. The molecule has 1 heterocycles. The fourth-order valence-electron chi connectivity index (χ4n) is 1.72. The molecule has 18 heavy (non-hydrogen) atoms. The molecule has 0 saturated carbocycles. The summed E-state index contributed by atoms with van der Waals surface area (Å²) in [6, 6.07) is 5.16. The Balaban J connectivity index is 1.97. The van der Waals surface area contributed by atoms with Crippen LogP contribution in [0.5, 0.6) is 0 Å². The van der Waals surface area contributed by atoms with Crippen molar-refractivity contribution in [1.29, 1.82) is 0 Å². The zero-order valence-electron chi connectivity index (χ0n) is 10.4. The lowest BCUT2D eigenvalue weighted by Gasteiger charge is -2.26. The number of ether oxygens (including phenoxy) is 2. The third-order valence-electron chi connectivity index (χ3n) is 2.85. The molecule has 0 atom stereocenters. The third-order valence-corrected chi connectivity index (χ3v) is 2.85. The zero-order chi connectivity index (χ0) is 13.0. The van der Waals surface area contributed by atoms with E-state index >= 15 is 0 Å². The molecule has 3 N–H and O–H groups in total. The molecule has 0 aliphatic carbocycles. The van der Waals surface area contributed by atoms with Gasteiger partial charge in [0, 0.05) is 12.5 Å². The molecule has 98 valence electrons. The van der Waals surface area contributed by atoms with E-state index in [1.807, 2.05) is 0 Å². The van der Waals surface area contributed by atoms with Gasteiger partial charge in [0.05, 0.1) is 36.8 Å². The summed E-state index contributed by atoms with van der Waals surface area (Å²) < 4.78 is 10.0. The van der Waals surface area contributed by atoms with Crippen LogP contribution in [0, 0.1) is 5.92 Å². The SMILES string of the molecule is CCOC(=O)c1ccc(NCC2COC2)c(N)c1. The van der Waals surface area contributed by atoms with Gasteiger partial charge in [0.25, 0.3) is 0 Å². The number of nitrogens with one attached hydrogen (secondary N) is 1. The summed E-state index contributed by atoms with van der Waals surface area (Å²) in [4.78, 5) is 11.5. The van der Waals surface area contributed by atoms with E-state index < -0.39 is 0 Å². The molecule has 5 heteroatoms. The molecule has 2 rings (SSSR count). The molecule has 1 fully saturated rings. The molecule has 1 aromatic rings. The Kier molecular flexibility index (Phi) is 4.04. The lowest BCUT2D eigenvalue weighted by molar-refractivity contribution is -0.0248. The molecule has 0 spiro atoms. The van der Waals surface area contributed by atoms with Gasteiger partial charge in [-0.3, -0.25) is 0 Å². The van der Waals surface area contributed by atoms with Crippen molar-refractivity contribution < 1.29 is 14.3 Å². The number of rotatable bonds is 5. The topological polar surface area (TPSA) is 73.6 Å². The van der Waals surface area contributed by atoms with Crippen LogP contribution in [-0.4, -0.2) is 32.3 Å². The summed E-state index contributed by atoms with van der Waals surface area (Å²) in [6.07, 6.45) is 0. The average molecular weight is 250 g/mol. The van der Waals surface area contributed by atoms with E-state index in [9.17, 15) is 4.79 Å². The highest BCUT2D eigenvalue weighted by Crippen LogP contribution is 2.21. The number of hydrogen-bond acceptors (Lipinski definition) is 5. The number of anilines is 2. The van der Waals surface area contributed by atoms with E-state index in [4.69, 9.17) is 15.2 Å². The summed E-state index contributed by atoms with van der Waals surface area (Å²) in [7, 11) is 0. The van der Waals surface area contributed by atoms with Crippen molar-refractivity contribution >= 4 is 17.3 Å². The predicted molar refractivity (Wildman–Crippen MR) is 69.6 cm³/mol. The minimum atomic E-state index is -0.344. The smallest absolute Gasteiger partial charge is 0.338 e. The van der Waals surface area contributed by atoms with Crippen molar-refractivity contribution in [2.24, 2.45) is 5.92 Å². The second-order valence-corrected chi connectivity index (χ2v) is 4.31. The van der Waals surface area contributed by atoms with E-state index in [0.717, 1.165) is 25.4 Å². The van der Waals surface area contributed by atoms with Crippen LogP contribution >= 0.6 is 0 Å². The molecule has 1 aliphatic heterocycles. The van der Waals surface area contributed by atoms with Gasteiger partial charge in [0.1, 0.15) is 0 Å². The Bertz CT molecular complexity index is 430. The maximum Gasteiger partial charge on any atom is 0.338 e. The highest BCUT2D eigenvalue weighted by molar-refractivity contribution is 5.91. The van der Waals surface area contributed by atoms with Crippen LogP contribution in [0.25, 0.3) is 0 Å². The van der Waals surface area contributed by atoms with Crippen LogP contribution in [0.1, 0.15) is 17.3 Å². The largest absolute Gasteiger partial charge is 0.462 e. The average Bonchev–Trinajstić information content (AvgIpc) is 2.29. The number of esters is 1. The van der Waals surface area contributed by atoms with Crippen molar-refractivity contribution in [3.05, 3.63) is 23.8 Å².